The number of aryl methyl sites for hydroxylation is 2. The van der Waals surface area contributed by atoms with Gasteiger partial charge in [0.25, 0.3) is 0 Å². The lowest BCUT2D eigenvalue weighted by Gasteiger charge is -2.13. The first-order chi connectivity index (χ1) is 11.6. The number of hydrogen-bond acceptors (Lipinski definition) is 5. The van der Waals surface area contributed by atoms with Gasteiger partial charge in [-0.25, -0.2) is 4.68 Å². The molecule has 0 unspecified atom stereocenters. The van der Waals surface area contributed by atoms with E-state index in [0.717, 1.165) is 16.9 Å². The Morgan fingerprint density at radius 3 is 2.83 bits per heavy atom. The fourth-order valence-electron chi connectivity index (χ4n) is 2.34. The van der Waals surface area contributed by atoms with Crippen LogP contribution in [0.15, 0.2) is 42.5 Å². The second kappa shape index (κ2) is 7.31. The van der Waals surface area contributed by atoms with Crippen molar-refractivity contribution in [2.45, 2.75) is 20.1 Å². The van der Waals surface area contributed by atoms with Crippen molar-refractivity contribution in [1.29, 1.82) is 0 Å². The smallest absolute Gasteiger partial charge is 0.242 e. The zero-order chi connectivity index (χ0) is 16.9. The standard InChI is InChI=1S/C17H18ClN5O/c1-12-4-3-5-13(8-12)11-24-16-7-6-15(18)9-14(16)10-19-17-20-21-22-23(17)2/h3-9H,10-11H2,1-2H3,(H,19,20,22). The first-order valence-corrected chi connectivity index (χ1v) is 7.92. The predicted molar refractivity (Wildman–Crippen MR) is 93.1 cm³/mol. The fraction of sp³-hybridized carbons (Fsp3) is 0.235. The number of hydrogen-bond donors (Lipinski definition) is 1. The van der Waals surface area contributed by atoms with E-state index < -0.39 is 0 Å². The highest BCUT2D eigenvalue weighted by Gasteiger charge is 2.08. The number of ether oxygens (including phenoxy) is 1. The van der Waals surface area contributed by atoms with Crippen LogP contribution < -0.4 is 10.1 Å². The van der Waals surface area contributed by atoms with Crippen LogP contribution in [0.1, 0.15) is 16.7 Å². The number of tetrazole rings is 1. The molecule has 2 aromatic carbocycles. The van der Waals surface area contributed by atoms with Crippen LogP contribution >= 0.6 is 11.6 Å². The van der Waals surface area contributed by atoms with Gasteiger partial charge in [-0.2, -0.15) is 0 Å². The molecule has 1 aromatic heterocycles. The van der Waals surface area contributed by atoms with E-state index in [9.17, 15) is 0 Å². The molecule has 0 spiro atoms. The summed E-state index contributed by atoms with van der Waals surface area (Å²) in [6.07, 6.45) is 0. The van der Waals surface area contributed by atoms with Gasteiger partial charge in [-0.05, 0) is 41.1 Å². The molecule has 0 aliphatic carbocycles. The van der Waals surface area contributed by atoms with Crippen molar-refractivity contribution in [3.8, 4) is 5.75 Å². The maximum Gasteiger partial charge on any atom is 0.242 e. The van der Waals surface area contributed by atoms with Gasteiger partial charge in [-0.1, -0.05) is 46.5 Å². The number of rotatable bonds is 6. The molecule has 3 rings (SSSR count). The maximum absolute atomic E-state index is 6.12. The van der Waals surface area contributed by atoms with Crippen LogP contribution in [0.4, 0.5) is 5.95 Å². The summed E-state index contributed by atoms with van der Waals surface area (Å²) in [6, 6.07) is 13.8. The quantitative estimate of drug-likeness (QED) is 0.743. The third-order valence-corrected chi connectivity index (χ3v) is 3.79. The van der Waals surface area contributed by atoms with Crippen molar-refractivity contribution in [3.05, 3.63) is 64.2 Å². The van der Waals surface area contributed by atoms with Crippen molar-refractivity contribution in [3.63, 3.8) is 0 Å². The van der Waals surface area contributed by atoms with Gasteiger partial charge in [0.15, 0.2) is 0 Å². The zero-order valence-corrected chi connectivity index (χ0v) is 14.3. The zero-order valence-electron chi connectivity index (χ0n) is 13.5. The van der Waals surface area contributed by atoms with Gasteiger partial charge in [-0.3, -0.25) is 0 Å². The molecule has 0 saturated heterocycles. The summed E-state index contributed by atoms with van der Waals surface area (Å²) in [5, 5.41) is 15.1. The molecule has 124 valence electrons. The Hall–Kier alpha value is -2.60. The molecular formula is C17H18ClN5O. The van der Waals surface area contributed by atoms with Crippen LogP contribution in [-0.2, 0) is 20.2 Å². The molecule has 0 amide bonds. The number of halogens is 1. The van der Waals surface area contributed by atoms with E-state index in [1.54, 1.807) is 11.7 Å². The largest absolute Gasteiger partial charge is 0.489 e. The number of aromatic nitrogens is 4. The Balaban J connectivity index is 1.71. The normalized spacial score (nSPS) is 10.6. The predicted octanol–water partition coefficient (Wildman–Crippen LogP) is 3.36. The molecule has 1 heterocycles. The minimum atomic E-state index is 0.502. The van der Waals surface area contributed by atoms with Gasteiger partial charge in [0, 0.05) is 24.2 Å². The van der Waals surface area contributed by atoms with Crippen LogP contribution in [0, 0.1) is 6.92 Å². The Kier molecular flexibility index (Phi) is 4.96. The van der Waals surface area contributed by atoms with Crippen LogP contribution in [0.5, 0.6) is 5.75 Å². The molecule has 6 nitrogen and oxygen atoms in total. The first kappa shape index (κ1) is 16.3. The summed E-state index contributed by atoms with van der Waals surface area (Å²) in [7, 11) is 1.77. The number of nitrogens with one attached hydrogen (secondary N) is 1. The second-order valence-corrected chi connectivity index (χ2v) is 5.95. The van der Waals surface area contributed by atoms with Crippen LogP contribution in [0.2, 0.25) is 5.02 Å². The van der Waals surface area contributed by atoms with Crippen molar-refractivity contribution >= 4 is 17.5 Å². The van der Waals surface area contributed by atoms with Crippen LogP contribution in [-0.4, -0.2) is 20.2 Å². The molecule has 0 bridgehead atoms. The van der Waals surface area contributed by atoms with Gasteiger partial charge in [0.1, 0.15) is 12.4 Å². The van der Waals surface area contributed by atoms with Gasteiger partial charge in [-0.15, -0.1) is 0 Å². The molecule has 7 heteroatoms. The highest BCUT2D eigenvalue weighted by atomic mass is 35.5. The first-order valence-electron chi connectivity index (χ1n) is 7.55. The van der Waals surface area contributed by atoms with E-state index in [2.05, 4.69) is 39.9 Å². The summed E-state index contributed by atoms with van der Waals surface area (Å²) >= 11 is 6.12. The monoisotopic (exact) mass is 343 g/mol. The topological polar surface area (TPSA) is 64.9 Å². The second-order valence-electron chi connectivity index (χ2n) is 5.51. The Bertz CT molecular complexity index is 833. The Labute approximate surface area is 145 Å². The lowest BCUT2D eigenvalue weighted by Crippen LogP contribution is -2.07. The summed E-state index contributed by atoms with van der Waals surface area (Å²) in [6.45, 7) is 3.08. The molecule has 24 heavy (non-hydrogen) atoms. The molecule has 0 radical (unpaired) electrons. The highest BCUT2D eigenvalue weighted by molar-refractivity contribution is 6.30. The van der Waals surface area contributed by atoms with E-state index in [4.69, 9.17) is 16.3 Å². The number of anilines is 1. The highest BCUT2D eigenvalue weighted by Crippen LogP contribution is 2.24. The summed E-state index contributed by atoms with van der Waals surface area (Å²) in [5.41, 5.74) is 3.28. The van der Waals surface area contributed by atoms with Gasteiger partial charge < -0.3 is 10.1 Å². The average Bonchev–Trinajstić information content (AvgIpc) is 2.97. The Morgan fingerprint density at radius 1 is 1.21 bits per heavy atom. The molecule has 3 aromatic rings. The van der Waals surface area contributed by atoms with Crippen LogP contribution in [0.25, 0.3) is 0 Å². The van der Waals surface area contributed by atoms with E-state index in [1.807, 2.05) is 30.3 Å². The molecular weight excluding hydrogens is 326 g/mol. The van der Waals surface area contributed by atoms with Gasteiger partial charge >= 0.3 is 0 Å². The van der Waals surface area contributed by atoms with Gasteiger partial charge in [0.2, 0.25) is 5.95 Å². The Morgan fingerprint density at radius 2 is 2.08 bits per heavy atom. The molecule has 0 atom stereocenters. The molecule has 0 fully saturated rings. The van der Waals surface area contributed by atoms with E-state index in [0.29, 0.717) is 24.1 Å². The fourth-order valence-corrected chi connectivity index (χ4v) is 2.54. The van der Waals surface area contributed by atoms with E-state index in [-0.39, 0.29) is 0 Å². The SMILES string of the molecule is Cc1cccc(COc2ccc(Cl)cc2CNc2nnnn2C)c1. The average molecular weight is 344 g/mol. The van der Waals surface area contributed by atoms with Crippen molar-refractivity contribution in [2.24, 2.45) is 7.05 Å². The minimum absolute atomic E-state index is 0.502. The number of nitrogens with zero attached hydrogens (tertiary/aromatic N) is 4. The summed E-state index contributed by atoms with van der Waals surface area (Å²) in [5.74, 6) is 1.36. The van der Waals surface area contributed by atoms with E-state index in [1.165, 1.54) is 5.56 Å². The third kappa shape index (κ3) is 4.02. The summed E-state index contributed by atoms with van der Waals surface area (Å²) in [4.78, 5) is 0. The lowest BCUT2D eigenvalue weighted by molar-refractivity contribution is 0.303. The third-order valence-electron chi connectivity index (χ3n) is 3.56. The molecule has 0 saturated carbocycles. The molecule has 0 aliphatic heterocycles. The maximum atomic E-state index is 6.12. The molecule has 0 aliphatic rings. The summed E-state index contributed by atoms with van der Waals surface area (Å²) < 4.78 is 7.54. The van der Waals surface area contributed by atoms with Crippen molar-refractivity contribution in [1.82, 2.24) is 20.2 Å². The van der Waals surface area contributed by atoms with Gasteiger partial charge in [0.05, 0.1) is 0 Å². The minimum Gasteiger partial charge on any atom is -0.489 e. The number of benzene rings is 2. The lowest BCUT2D eigenvalue weighted by atomic mass is 10.1. The van der Waals surface area contributed by atoms with E-state index >= 15 is 0 Å². The van der Waals surface area contributed by atoms with Crippen LogP contribution in [0.3, 0.4) is 0 Å². The van der Waals surface area contributed by atoms with Crippen molar-refractivity contribution in [2.75, 3.05) is 5.32 Å². The van der Waals surface area contributed by atoms with Crippen molar-refractivity contribution < 1.29 is 4.74 Å². The molecule has 1 N–H and O–H groups in total.